The normalized spacial score (nSPS) is 18.2. The second kappa shape index (κ2) is 4.07. The van der Waals surface area contributed by atoms with Gasteiger partial charge in [0.25, 0.3) is 0 Å². The number of ether oxygens (including phenoxy) is 1. The summed E-state index contributed by atoms with van der Waals surface area (Å²) in [5.74, 6) is -2.89. The first kappa shape index (κ1) is 11.4. The van der Waals surface area contributed by atoms with E-state index in [4.69, 9.17) is 4.74 Å². The van der Waals surface area contributed by atoms with Crippen molar-refractivity contribution < 1.29 is 17.9 Å². The Balaban J connectivity index is 2.30. The molecule has 88 valence electrons. The van der Waals surface area contributed by atoms with Gasteiger partial charge in [-0.15, -0.1) is 0 Å². The van der Waals surface area contributed by atoms with E-state index in [9.17, 15) is 13.2 Å². The lowest BCUT2D eigenvalue weighted by Crippen LogP contribution is -2.62. The van der Waals surface area contributed by atoms with Crippen LogP contribution < -0.4 is 5.32 Å². The highest BCUT2D eigenvalue weighted by molar-refractivity contribution is 5.24. The van der Waals surface area contributed by atoms with E-state index >= 15 is 0 Å². The molecule has 0 bridgehead atoms. The van der Waals surface area contributed by atoms with Crippen LogP contribution >= 0.6 is 0 Å². The fourth-order valence-corrected chi connectivity index (χ4v) is 1.80. The van der Waals surface area contributed by atoms with Crippen molar-refractivity contribution in [1.29, 1.82) is 0 Å². The minimum Gasteiger partial charge on any atom is -0.375 e. The molecule has 0 atom stereocenters. The molecule has 0 saturated carbocycles. The van der Waals surface area contributed by atoms with E-state index in [0.717, 1.165) is 12.1 Å². The molecule has 1 fully saturated rings. The van der Waals surface area contributed by atoms with Crippen LogP contribution in [0.2, 0.25) is 0 Å². The number of halogens is 3. The van der Waals surface area contributed by atoms with Gasteiger partial charge in [0.2, 0.25) is 0 Å². The van der Waals surface area contributed by atoms with E-state index in [1.807, 2.05) is 0 Å². The summed E-state index contributed by atoms with van der Waals surface area (Å²) in [5, 5.41) is 2.96. The summed E-state index contributed by atoms with van der Waals surface area (Å²) in [6.07, 6.45) is 0.0337. The van der Waals surface area contributed by atoms with Gasteiger partial charge in [-0.25, -0.2) is 13.2 Å². The maximum Gasteiger partial charge on any atom is 0.165 e. The van der Waals surface area contributed by atoms with E-state index in [0.29, 0.717) is 13.1 Å². The highest BCUT2D eigenvalue weighted by atomic mass is 19.2. The summed E-state index contributed by atoms with van der Waals surface area (Å²) >= 11 is 0. The van der Waals surface area contributed by atoms with Crippen molar-refractivity contribution >= 4 is 0 Å². The van der Waals surface area contributed by atoms with Gasteiger partial charge in [-0.3, -0.25) is 0 Å². The summed E-state index contributed by atoms with van der Waals surface area (Å²) in [5.41, 5.74) is -0.862. The molecule has 0 aromatic heterocycles. The van der Waals surface area contributed by atoms with Crippen molar-refractivity contribution in [1.82, 2.24) is 5.32 Å². The Morgan fingerprint density at radius 1 is 1.25 bits per heavy atom. The van der Waals surface area contributed by atoms with Crippen LogP contribution in [0, 0.1) is 17.5 Å². The van der Waals surface area contributed by atoms with Gasteiger partial charge in [0.05, 0.1) is 5.60 Å². The minimum absolute atomic E-state index is 0.0337. The van der Waals surface area contributed by atoms with Crippen LogP contribution in [0.25, 0.3) is 0 Å². The SMILES string of the molecule is COC1(Cc2c(F)ccc(F)c2F)CNC1. The first-order valence-electron chi connectivity index (χ1n) is 4.96. The number of nitrogens with one attached hydrogen (secondary N) is 1. The predicted molar refractivity (Wildman–Crippen MR) is 52.6 cm³/mol. The third-order valence-electron chi connectivity index (χ3n) is 2.97. The van der Waals surface area contributed by atoms with Crippen LogP contribution in [0.3, 0.4) is 0 Å². The molecule has 1 N–H and O–H groups in total. The van der Waals surface area contributed by atoms with Crippen LogP contribution in [0.4, 0.5) is 13.2 Å². The maximum atomic E-state index is 13.4. The first-order valence-corrected chi connectivity index (χ1v) is 4.96. The molecule has 1 heterocycles. The van der Waals surface area contributed by atoms with Crippen molar-refractivity contribution in [2.45, 2.75) is 12.0 Å². The molecule has 0 amide bonds. The molecule has 0 radical (unpaired) electrons. The molecule has 1 aromatic rings. The van der Waals surface area contributed by atoms with E-state index in [1.54, 1.807) is 0 Å². The molecule has 1 aromatic carbocycles. The van der Waals surface area contributed by atoms with E-state index in [-0.39, 0.29) is 12.0 Å². The number of methoxy groups -OCH3 is 1. The van der Waals surface area contributed by atoms with E-state index < -0.39 is 23.1 Å². The second-order valence-corrected chi connectivity index (χ2v) is 3.99. The highest BCUT2D eigenvalue weighted by Crippen LogP contribution is 2.26. The summed E-state index contributed by atoms with van der Waals surface area (Å²) in [6.45, 7) is 1.03. The average molecular weight is 231 g/mol. The predicted octanol–water partition coefficient (Wildman–Crippen LogP) is 1.63. The van der Waals surface area contributed by atoms with Crippen molar-refractivity contribution in [3.05, 3.63) is 35.1 Å². The van der Waals surface area contributed by atoms with Gasteiger partial charge in [-0.05, 0) is 12.1 Å². The Morgan fingerprint density at radius 2 is 1.88 bits per heavy atom. The molecule has 1 aliphatic rings. The quantitative estimate of drug-likeness (QED) is 0.798. The molecule has 5 heteroatoms. The topological polar surface area (TPSA) is 21.3 Å². The van der Waals surface area contributed by atoms with Crippen molar-refractivity contribution in [2.75, 3.05) is 20.2 Å². The number of rotatable bonds is 3. The lowest BCUT2D eigenvalue weighted by atomic mass is 9.88. The zero-order valence-electron chi connectivity index (χ0n) is 8.82. The van der Waals surface area contributed by atoms with Gasteiger partial charge in [-0.2, -0.15) is 0 Å². The Hall–Kier alpha value is -1.07. The number of hydrogen-bond donors (Lipinski definition) is 1. The fraction of sp³-hybridized carbons (Fsp3) is 0.455. The van der Waals surface area contributed by atoms with Crippen LogP contribution in [-0.4, -0.2) is 25.8 Å². The summed E-state index contributed by atoms with van der Waals surface area (Å²) < 4.78 is 44.9. The Morgan fingerprint density at radius 3 is 2.38 bits per heavy atom. The van der Waals surface area contributed by atoms with Gasteiger partial charge in [-0.1, -0.05) is 0 Å². The number of hydrogen-bond acceptors (Lipinski definition) is 2. The second-order valence-electron chi connectivity index (χ2n) is 3.99. The molecule has 1 aliphatic heterocycles. The molecule has 2 rings (SSSR count). The van der Waals surface area contributed by atoms with Gasteiger partial charge < -0.3 is 10.1 Å². The Bertz CT molecular complexity index is 399. The van der Waals surface area contributed by atoms with Crippen LogP contribution in [0.15, 0.2) is 12.1 Å². The summed E-state index contributed by atoms with van der Waals surface area (Å²) in [6, 6.07) is 1.72. The van der Waals surface area contributed by atoms with Gasteiger partial charge in [0.15, 0.2) is 11.6 Å². The molecular weight excluding hydrogens is 219 g/mol. The summed E-state index contributed by atoms with van der Waals surface area (Å²) in [4.78, 5) is 0. The van der Waals surface area contributed by atoms with Crippen LogP contribution in [0.1, 0.15) is 5.56 Å². The molecule has 0 spiro atoms. The average Bonchev–Trinajstić information content (AvgIpc) is 2.22. The van der Waals surface area contributed by atoms with Crippen LogP contribution in [-0.2, 0) is 11.2 Å². The van der Waals surface area contributed by atoms with Gasteiger partial charge in [0.1, 0.15) is 5.82 Å². The van der Waals surface area contributed by atoms with Crippen molar-refractivity contribution in [2.24, 2.45) is 0 Å². The zero-order valence-corrected chi connectivity index (χ0v) is 8.82. The van der Waals surface area contributed by atoms with Gasteiger partial charge >= 0.3 is 0 Å². The standard InChI is InChI=1S/C11H12F3NO/c1-16-11(5-15-6-11)4-7-8(12)2-3-9(13)10(7)14/h2-3,15H,4-6H2,1H3. The smallest absolute Gasteiger partial charge is 0.165 e. The zero-order chi connectivity index (χ0) is 11.8. The lowest BCUT2D eigenvalue weighted by molar-refractivity contribution is -0.0513. The highest BCUT2D eigenvalue weighted by Gasteiger charge is 2.38. The molecular formula is C11H12F3NO. The lowest BCUT2D eigenvalue weighted by Gasteiger charge is -2.41. The monoisotopic (exact) mass is 231 g/mol. The van der Waals surface area contributed by atoms with Gasteiger partial charge in [0, 0.05) is 32.2 Å². The third kappa shape index (κ3) is 1.81. The molecule has 1 saturated heterocycles. The molecule has 2 nitrogen and oxygen atoms in total. The molecule has 16 heavy (non-hydrogen) atoms. The van der Waals surface area contributed by atoms with Crippen LogP contribution in [0.5, 0.6) is 0 Å². The third-order valence-corrected chi connectivity index (χ3v) is 2.97. The fourth-order valence-electron chi connectivity index (χ4n) is 1.80. The van der Waals surface area contributed by atoms with Crippen molar-refractivity contribution in [3.63, 3.8) is 0 Å². The molecule has 0 unspecified atom stereocenters. The van der Waals surface area contributed by atoms with E-state index in [1.165, 1.54) is 7.11 Å². The first-order chi connectivity index (χ1) is 7.58. The summed E-state index contributed by atoms with van der Waals surface area (Å²) in [7, 11) is 1.48. The Labute approximate surface area is 91.4 Å². The van der Waals surface area contributed by atoms with Crippen molar-refractivity contribution in [3.8, 4) is 0 Å². The Kier molecular flexibility index (Phi) is 2.90. The van der Waals surface area contributed by atoms with E-state index in [2.05, 4.69) is 5.32 Å². The minimum atomic E-state index is -1.12. The number of benzene rings is 1. The largest absolute Gasteiger partial charge is 0.375 e. The maximum absolute atomic E-state index is 13.4. The molecule has 0 aliphatic carbocycles.